The zero-order valence-electron chi connectivity index (χ0n) is 9.34. The Morgan fingerprint density at radius 1 is 1.57 bits per heavy atom. The standard InChI is InChI=1S/C10H16.C2H4O2/c1-8(2)10-6-4-9(3)5-7-10;1-2(3)4/h4,10H,1,5-7H2,2-3H3;1H3,(H,3,4). The summed E-state index contributed by atoms with van der Waals surface area (Å²) in [6.07, 6.45) is 6.17. The smallest absolute Gasteiger partial charge is 0.300 e. The summed E-state index contributed by atoms with van der Waals surface area (Å²) in [5, 5.41) is 7.42. The highest BCUT2D eigenvalue weighted by Crippen LogP contribution is 2.27. The Morgan fingerprint density at radius 3 is 2.36 bits per heavy atom. The molecule has 0 heterocycles. The van der Waals surface area contributed by atoms with Crippen LogP contribution in [-0.4, -0.2) is 11.1 Å². The quantitative estimate of drug-likeness (QED) is 0.653. The zero-order chi connectivity index (χ0) is 11.1. The van der Waals surface area contributed by atoms with E-state index in [2.05, 4.69) is 26.5 Å². The largest absolute Gasteiger partial charge is 0.481 e. The van der Waals surface area contributed by atoms with E-state index < -0.39 is 5.97 Å². The Balaban J connectivity index is 0.000000364. The lowest BCUT2D eigenvalue weighted by molar-refractivity contribution is -0.134. The minimum atomic E-state index is -0.833. The Hall–Kier alpha value is -1.05. The van der Waals surface area contributed by atoms with Crippen LogP contribution in [0.4, 0.5) is 0 Å². The summed E-state index contributed by atoms with van der Waals surface area (Å²) in [6, 6.07) is 0. The van der Waals surface area contributed by atoms with E-state index in [0.29, 0.717) is 0 Å². The van der Waals surface area contributed by atoms with Crippen molar-refractivity contribution in [3.05, 3.63) is 23.8 Å². The van der Waals surface area contributed by atoms with Crippen LogP contribution in [0, 0.1) is 5.92 Å². The Kier molecular flexibility index (Phi) is 5.93. The molecule has 0 amide bonds. The van der Waals surface area contributed by atoms with Gasteiger partial charge in [0.1, 0.15) is 0 Å². The van der Waals surface area contributed by atoms with Gasteiger partial charge in [-0.15, -0.1) is 0 Å². The van der Waals surface area contributed by atoms with Crippen LogP contribution >= 0.6 is 0 Å². The van der Waals surface area contributed by atoms with Gasteiger partial charge in [0.15, 0.2) is 0 Å². The molecule has 0 saturated carbocycles. The summed E-state index contributed by atoms with van der Waals surface area (Å²) < 4.78 is 0. The van der Waals surface area contributed by atoms with Gasteiger partial charge < -0.3 is 5.11 Å². The van der Waals surface area contributed by atoms with Crippen LogP contribution in [0.2, 0.25) is 0 Å². The van der Waals surface area contributed by atoms with Crippen LogP contribution in [0.1, 0.15) is 40.0 Å². The fourth-order valence-corrected chi connectivity index (χ4v) is 1.41. The second kappa shape index (κ2) is 6.41. The molecule has 0 radical (unpaired) electrons. The van der Waals surface area contributed by atoms with Crippen LogP contribution in [0.5, 0.6) is 0 Å². The molecule has 2 heteroatoms. The van der Waals surface area contributed by atoms with Gasteiger partial charge in [0.2, 0.25) is 0 Å². The van der Waals surface area contributed by atoms with Crippen LogP contribution in [0.3, 0.4) is 0 Å². The number of aliphatic carboxylic acids is 1. The Labute approximate surface area is 86.3 Å². The lowest BCUT2D eigenvalue weighted by atomic mass is 9.86. The van der Waals surface area contributed by atoms with Gasteiger partial charge in [-0.1, -0.05) is 23.8 Å². The molecule has 0 aromatic heterocycles. The first-order valence-electron chi connectivity index (χ1n) is 4.94. The third kappa shape index (κ3) is 6.46. The highest BCUT2D eigenvalue weighted by molar-refractivity contribution is 5.62. The second-order valence-electron chi connectivity index (χ2n) is 3.89. The molecule has 1 aliphatic rings. The lowest BCUT2D eigenvalue weighted by Crippen LogP contribution is -2.04. The summed E-state index contributed by atoms with van der Waals surface area (Å²) in [5.41, 5.74) is 2.90. The van der Waals surface area contributed by atoms with Crippen LogP contribution in [0.15, 0.2) is 23.8 Å². The molecule has 0 saturated heterocycles. The predicted molar refractivity (Wildman–Crippen MR) is 59.2 cm³/mol. The van der Waals surface area contributed by atoms with Gasteiger partial charge in [0, 0.05) is 6.92 Å². The number of hydrogen-bond donors (Lipinski definition) is 1. The maximum absolute atomic E-state index is 9.00. The molecule has 14 heavy (non-hydrogen) atoms. The van der Waals surface area contributed by atoms with E-state index in [1.807, 2.05) is 0 Å². The molecule has 0 aromatic carbocycles. The van der Waals surface area contributed by atoms with Gasteiger partial charge in [-0.25, -0.2) is 0 Å². The van der Waals surface area contributed by atoms with Crippen molar-refractivity contribution in [1.29, 1.82) is 0 Å². The number of rotatable bonds is 1. The van der Waals surface area contributed by atoms with Gasteiger partial charge >= 0.3 is 0 Å². The van der Waals surface area contributed by atoms with E-state index in [-0.39, 0.29) is 0 Å². The average Bonchev–Trinajstić information content (AvgIpc) is 2.03. The third-order valence-corrected chi connectivity index (χ3v) is 2.33. The molecule has 0 aromatic rings. The number of carboxylic acid groups (broad SMARTS) is 1. The molecular weight excluding hydrogens is 176 g/mol. The van der Waals surface area contributed by atoms with E-state index in [1.54, 1.807) is 5.57 Å². The third-order valence-electron chi connectivity index (χ3n) is 2.33. The monoisotopic (exact) mass is 196 g/mol. The van der Waals surface area contributed by atoms with E-state index in [9.17, 15) is 0 Å². The Bertz CT molecular complexity index is 235. The summed E-state index contributed by atoms with van der Waals surface area (Å²) in [6.45, 7) is 9.41. The lowest BCUT2D eigenvalue weighted by Gasteiger charge is -2.19. The van der Waals surface area contributed by atoms with Crippen molar-refractivity contribution in [1.82, 2.24) is 0 Å². The fraction of sp³-hybridized carbons (Fsp3) is 0.583. The highest BCUT2D eigenvalue weighted by atomic mass is 16.4. The molecule has 1 N–H and O–H groups in total. The van der Waals surface area contributed by atoms with E-state index >= 15 is 0 Å². The second-order valence-corrected chi connectivity index (χ2v) is 3.89. The number of carbonyl (C=O) groups is 1. The molecule has 2 nitrogen and oxygen atoms in total. The van der Waals surface area contributed by atoms with Gasteiger partial charge in [0.25, 0.3) is 5.97 Å². The fourth-order valence-electron chi connectivity index (χ4n) is 1.41. The maximum Gasteiger partial charge on any atom is 0.300 e. The number of allylic oxidation sites excluding steroid dienone is 3. The molecular formula is C12H20O2. The van der Waals surface area contributed by atoms with Crippen molar-refractivity contribution >= 4 is 5.97 Å². The van der Waals surface area contributed by atoms with Crippen molar-refractivity contribution < 1.29 is 9.90 Å². The molecule has 1 unspecified atom stereocenters. The molecule has 1 aliphatic carbocycles. The Morgan fingerprint density at radius 2 is 2.07 bits per heavy atom. The van der Waals surface area contributed by atoms with Crippen molar-refractivity contribution in [2.75, 3.05) is 0 Å². The van der Waals surface area contributed by atoms with Crippen LogP contribution in [-0.2, 0) is 4.79 Å². The maximum atomic E-state index is 9.00. The molecule has 0 bridgehead atoms. The first-order chi connectivity index (χ1) is 6.43. The molecule has 0 aliphatic heterocycles. The van der Waals surface area contributed by atoms with Gasteiger partial charge in [-0.2, -0.15) is 0 Å². The minimum Gasteiger partial charge on any atom is -0.481 e. The summed E-state index contributed by atoms with van der Waals surface area (Å²) in [5.74, 6) is -0.0660. The first-order valence-corrected chi connectivity index (χ1v) is 4.94. The van der Waals surface area contributed by atoms with E-state index in [0.717, 1.165) is 12.8 Å². The zero-order valence-corrected chi connectivity index (χ0v) is 9.34. The van der Waals surface area contributed by atoms with Crippen molar-refractivity contribution in [3.63, 3.8) is 0 Å². The van der Waals surface area contributed by atoms with E-state index in [1.165, 1.54) is 24.8 Å². The van der Waals surface area contributed by atoms with Gasteiger partial charge in [0.05, 0.1) is 0 Å². The summed E-state index contributed by atoms with van der Waals surface area (Å²) in [7, 11) is 0. The molecule has 0 fully saturated rings. The molecule has 0 spiro atoms. The van der Waals surface area contributed by atoms with Crippen LogP contribution in [0.25, 0.3) is 0 Å². The van der Waals surface area contributed by atoms with Crippen molar-refractivity contribution in [2.24, 2.45) is 5.92 Å². The van der Waals surface area contributed by atoms with Crippen molar-refractivity contribution in [2.45, 2.75) is 40.0 Å². The molecule has 1 atom stereocenters. The summed E-state index contributed by atoms with van der Waals surface area (Å²) in [4.78, 5) is 9.00. The summed E-state index contributed by atoms with van der Waals surface area (Å²) >= 11 is 0. The van der Waals surface area contributed by atoms with Gasteiger partial charge in [-0.05, 0) is 39.0 Å². The van der Waals surface area contributed by atoms with Crippen LogP contribution < -0.4 is 0 Å². The average molecular weight is 196 g/mol. The number of carboxylic acids is 1. The predicted octanol–water partition coefficient (Wildman–Crippen LogP) is 3.40. The van der Waals surface area contributed by atoms with Crippen molar-refractivity contribution in [3.8, 4) is 0 Å². The SMILES string of the molecule is C=C(C)C1CC=C(C)CC1.CC(=O)O. The first kappa shape index (κ1) is 12.9. The topological polar surface area (TPSA) is 37.3 Å². The van der Waals surface area contributed by atoms with E-state index in [4.69, 9.17) is 9.90 Å². The minimum absolute atomic E-state index is 0.767. The molecule has 1 rings (SSSR count). The van der Waals surface area contributed by atoms with Gasteiger partial charge in [-0.3, -0.25) is 4.79 Å². The highest BCUT2D eigenvalue weighted by Gasteiger charge is 2.11. The normalized spacial score (nSPS) is 20.2. The molecule has 80 valence electrons. The number of hydrogen-bond acceptors (Lipinski definition) is 1.